The lowest BCUT2D eigenvalue weighted by Crippen LogP contribution is -2.12. The Morgan fingerprint density at radius 1 is 1.44 bits per heavy atom. The van der Waals surface area contributed by atoms with Crippen LogP contribution in [0.4, 0.5) is 4.39 Å². The van der Waals surface area contributed by atoms with Gasteiger partial charge in [0.15, 0.2) is 0 Å². The number of benzene rings is 1. The first-order valence-electron chi connectivity index (χ1n) is 5.49. The Balaban J connectivity index is 2.75. The van der Waals surface area contributed by atoms with E-state index >= 15 is 0 Å². The van der Waals surface area contributed by atoms with Gasteiger partial charge in [0.1, 0.15) is 5.82 Å². The molecule has 16 heavy (non-hydrogen) atoms. The van der Waals surface area contributed by atoms with Crippen LogP contribution in [-0.2, 0) is 4.74 Å². The van der Waals surface area contributed by atoms with E-state index < -0.39 is 6.10 Å². The fraction of sp³-hybridized carbons (Fsp3) is 0.538. The molecule has 0 amide bonds. The largest absolute Gasteiger partial charge is 0.388 e. The van der Waals surface area contributed by atoms with E-state index in [1.807, 2.05) is 13.8 Å². The van der Waals surface area contributed by atoms with E-state index in [1.54, 1.807) is 13.2 Å². The molecule has 3 heteroatoms. The number of aliphatic hydroxyl groups is 1. The minimum atomic E-state index is -0.559. The molecule has 0 saturated heterocycles. The van der Waals surface area contributed by atoms with Crippen molar-refractivity contribution < 1.29 is 14.2 Å². The van der Waals surface area contributed by atoms with Crippen LogP contribution in [0.1, 0.15) is 30.6 Å². The highest BCUT2D eigenvalue weighted by molar-refractivity contribution is 5.28. The summed E-state index contributed by atoms with van der Waals surface area (Å²) in [6, 6.07) is 4.48. The average molecular weight is 226 g/mol. The van der Waals surface area contributed by atoms with Gasteiger partial charge in [0.2, 0.25) is 0 Å². The van der Waals surface area contributed by atoms with Crippen molar-refractivity contribution in [3.8, 4) is 0 Å². The maximum absolute atomic E-state index is 12.9. The van der Waals surface area contributed by atoms with Crippen LogP contribution in [0.2, 0.25) is 0 Å². The van der Waals surface area contributed by atoms with Crippen molar-refractivity contribution in [2.45, 2.75) is 26.4 Å². The number of aryl methyl sites for hydroxylation is 1. The summed E-state index contributed by atoms with van der Waals surface area (Å²) in [6.07, 6.45) is 0.227. The molecule has 1 aromatic carbocycles. The molecule has 0 aliphatic carbocycles. The highest BCUT2D eigenvalue weighted by Gasteiger charge is 2.18. The van der Waals surface area contributed by atoms with E-state index in [2.05, 4.69) is 0 Å². The molecule has 1 rings (SSSR count). The summed E-state index contributed by atoms with van der Waals surface area (Å²) in [6.45, 7) is 4.40. The van der Waals surface area contributed by atoms with Crippen molar-refractivity contribution in [1.82, 2.24) is 0 Å². The Morgan fingerprint density at radius 3 is 2.69 bits per heavy atom. The number of hydrogen-bond donors (Lipinski definition) is 1. The van der Waals surface area contributed by atoms with E-state index in [4.69, 9.17) is 4.74 Å². The van der Waals surface area contributed by atoms with Crippen molar-refractivity contribution in [2.75, 3.05) is 13.7 Å². The van der Waals surface area contributed by atoms with Gasteiger partial charge in [0, 0.05) is 13.7 Å². The van der Waals surface area contributed by atoms with Gasteiger partial charge in [-0.25, -0.2) is 4.39 Å². The minimum absolute atomic E-state index is 0.101. The van der Waals surface area contributed by atoms with E-state index in [0.29, 0.717) is 6.61 Å². The third-order valence-electron chi connectivity index (χ3n) is 2.87. The van der Waals surface area contributed by atoms with Crippen molar-refractivity contribution >= 4 is 0 Å². The monoisotopic (exact) mass is 226 g/mol. The summed E-state index contributed by atoms with van der Waals surface area (Å²) in [5, 5.41) is 10.1. The summed E-state index contributed by atoms with van der Waals surface area (Å²) in [5.41, 5.74) is 1.58. The first-order valence-corrected chi connectivity index (χ1v) is 5.49. The Morgan fingerprint density at radius 2 is 2.12 bits per heavy atom. The Hall–Kier alpha value is -0.930. The molecule has 2 atom stereocenters. The van der Waals surface area contributed by atoms with Gasteiger partial charge >= 0.3 is 0 Å². The normalized spacial score (nSPS) is 14.8. The van der Waals surface area contributed by atoms with Gasteiger partial charge in [-0.1, -0.05) is 13.0 Å². The fourth-order valence-electron chi connectivity index (χ4n) is 1.74. The van der Waals surface area contributed by atoms with Crippen LogP contribution >= 0.6 is 0 Å². The number of halogens is 1. The molecule has 0 aliphatic rings. The van der Waals surface area contributed by atoms with E-state index in [0.717, 1.165) is 17.5 Å². The number of aliphatic hydroxyl groups excluding tert-OH is 1. The summed E-state index contributed by atoms with van der Waals surface area (Å²) in [7, 11) is 1.64. The zero-order chi connectivity index (χ0) is 12.1. The molecule has 0 saturated carbocycles. The van der Waals surface area contributed by atoms with Gasteiger partial charge in [-0.2, -0.15) is 0 Å². The second-order valence-corrected chi connectivity index (χ2v) is 4.20. The Kier molecular flexibility index (Phi) is 4.90. The first kappa shape index (κ1) is 13.1. The zero-order valence-electron chi connectivity index (χ0n) is 10.0. The Bertz CT molecular complexity index is 339. The lowest BCUT2D eigenvalue weighted by atomic mass is 9.92. The molecule has 90 valence electrons. The van der Waals surface area contributed by atoms with Crippen LogP contribution in [0.25, 0.3) is 0 Å². The maximum Gasteiger partial charge on any atom is 0.123 e. The number of hydrogen-bond acceptors (Lipinski definition) is 2. The molecule has 0 aliphatic heterocycles. The second-order valence-electron chi connectivity index (χ2n) is 4.20. The van der Waals surface area contributed by atoms with E-state index in [9.17, 15) is 9.50 Å². The van der Waals surface area contributed by atoms with Crippen LogP contribution in [-0.4, -0.2) is 18.8 Å². The van der Waals surface area contributed by atoms with Gasteiger partial charge < -0.3 is 9.84 Å². The second kappa shape index (κ2) is 5.97. The molecule has 2 unspecified atom stereocenters. The van der Waals surface area contributed by atoms with E-state index in [-0.39, 0.29) is 11.7 Å². The van der Waals surface area contributed by atoms with Gasteiger partial charge in [-0.15, -0.1) is 0 Å². The third kappa shape index (κ3) is 3.29. The molecule has 0 aromatic heterocycles. The average Bonchev–Trinajstić information content (AvgIpc) is 2.25. The van der Waals surface area contributed by atoms with Gasteiger partial charge in [0.05, 0.1) is 6.10 Å². The standard InChI is InChI=1S/C13H19FO2/c1-9(6-7-16-3)13(15)12-5-4-11(14)8-10(12)2/h4-5,8-9,13,15H,6-7H2,1-3H3. The lowest BCUT2D eigenvalue weighted by Gasteiger charge is -2.20. The predicted octanol–water partition coefficient (Wildman–Crippen LogP) is 2.84. The van der Waals surface area contributed by atoms with E-state index in [1.165, 1.54) is 12.1 Å². The van der Waals surface area contributed by atoms with Crippen molar-refractivity contribution in [1.29, 1.82) is 0 Å². The molecule has 2 nitrogen and oxygen atoms in total. The maximum atomic E-state index is 12.9. The quantitative estimate of drug-likeness (QED) is 0.836. The van der Waals surface area contributed by atoms with Crippen LogP contribution in [0, 0.1) is 18.7 Å². The van der Waals surface area contributed by atoms with Gasteiger partial charge in [0.25, 0.3) is 0 Å². The highest BCUT2D eigenvalue weighted by atomic mass is 19.1. The summed E-state index contributed by atoms with van der Waals surface area (Å²) in [5.74, 6) is -0.165. The van der Waals surface area contributed by atoms with Gasteiger partial charge in [-0.05, 0) is 42.5 Å². The SMILES string of the molecule is COCCC(C)C(O)c1ccc(F)cc1C. The Labute approximate surface area is 96.1 Å². The van der Waals surface area contributed by atoms with Crippen molar-refractivity contribution in [3.63, 3.8) is 0 Å². The molecule has 0 heterocycles. The molecule has 0 radical (unpaired) electrons. The zero-order valence-corrected chi connectivity index (χ0v) is 10.0. The molecule has 1 N–H and O–H groups in total. The molecule has 0 fully saturated rings. The number of methoxy groups -OCH3 is 1. The van der Waals surface area contributed by atoms with Crippen LogP contribution in [0.15, 0.2) is 18.2 Å². The van der Waals surface area contributed by atoms with Crippen molar-refractivity contribution in [2.24, 2.45) is 5.92 Å². The summed E-state index contributed by atoms with van der Waals surface area (Å²) < 4.78 is 17.9. The third-order valence-corrected chi connectivity index (χ3v) is 2.87. The molecule has 1 aromatic rings. The number of ether oxygens (including phenoxy) is 1. The predicted molar refractivity (Wildman–Crippen MR) is 61.8 cm³/mol. The van der Waals surface area contributed by atoms with Gasteiger partial charge in [-0.3, -0.25) is 0 Å². The van der Waals surface area contributed by atoms with Crippen LogP contribution in [0.5, 0.6) is 0 Å². The lowest BCUT2D eigenvalue weighted by molar-refractivity contribution is 0.0881. The number of rotatable bonds is 5. The first-order chi connectivity index (χ1) is 7.56. The molecular formula is C13H19FO2. The smallest absolute Gasteiger partial charge is 0.123 e. The summed E-state index contributed by atoms with van der Waals surface area (Å²) >= 11 is 0. The minimum Gasteiger partial charge on any atom is -0.388 e. The van der Waals surface area contributed by atoms with Crippen LogP contribution < -0.4 is 0 Å². The highest BCUT2D eigenvalue weighted by Crippen LogP contribution is 2.27. The topological polar surface area (TPSA) is 29.5 Å². The molecule has 0 bridgehead atoms. The molecule has 0 spiro atoms. The van der Waals surface area contributed by atoms with Crippen LogP contribution in [0.3, 0.4) is 0 Å². The van der Waals surface area contributed by atoms with Crippen molar-refractivity contribution in [3.05, 3.63) is 35.1 Å². The fourth-order valence-corrected chi connectivity index (χ4v) is 1.74. The molecular weight excluding hydrogens is 207 g/mol. The summed E-state index contributed by atoms with van der Waals surface area (Å²) in [4.78, 5) is 0.